The molecule has 0 saturated carbocycles. The Labute approximate surface area is 54.0 Å². The van der Waals surface area contributed by atoms with Crippen LogP contribution in [-0.2, 0) is 0 Å². The van der Waals surface area contributed by atoms with Crippen LogP contribution in [0.4, 0.5) is 0 Å². The quantitative estimate of drug-likeness (QED) is 0.457. The first-order valence-electron chi connectivity index (χ1n) is 3.24. The van der Waals surface area contributed by atoms with E-state index >= 15 is 0 Å². The fraction of sp³-hybridized carbons (Fsp3) is 0.667. The van der Waals surface area contributed by atoms with Crippen LogP contribution in [0.5, 0.6) is 0 Å². The highest BCUT2D eigenvalue weighted by atomic mass is 16.3. The monoisotopic (exact) mass is 126 g/mol. The van der Waals surface area contributed by atoms with Crippen molar-refractivity contribution in [1.29, 1.82) is 0 Å². The molecule has 50 valence electrons. The maximum absolute atomic E-state index is 9.26. The van der Waals surface area contributed by atoms with Crippen LogP contribution in [0.3, 0.4) is 0 Å². The fourth-order valence-electron chi connectivity index (χ4n) is 1.41. The van der Waals surface area contributed by atoms with Gasteiger partial charge in [0.2, 0.25) is 0 Å². The van der Waals surface area contributed by atoms with Gasteiger partial charge in [0.15, 0.2) is 0 Å². The number of rotatable bonds is 0. The Kier molecular flexibility index (Phi) is 0.931. The summed E-state index contributed by atoms with van der Waals surface area (Å²) in [5, 5.41) is 12.3. The molecule has 3 nitrogen and oxygen atoms in total. The highest BCUT2D eigenvalue weighted by Gasteiger charge is 2.32. The van der Waals surface area contributed by atoms with Gasteiger partial charge in [-0.3, -0.25) is 0 Å². The van der Waals surface area contributed by atoms with Gasteiger partial charge in [0.05, 0.1) is 6.10 Å². The van der Waals surface area contributed by atoms with Gasteiger partial charge >= 0.3 is 0 Å². The Bertz CT molecular complexity index is 146. The first-order chi connectivity index (χ1) is 4.38. The minimum Gasteiger partial charge on any atom is -0.389 e. The molecule has 0 aliphatic carbocycles. The molecular weight excluding hydrogens is 116 g/mol. The average Bonchev–Trinajstić information content (AvgIpc) is 2.35. The summed E-state index contributed by atoms with van der Waals surface area (Å²) in [5.41, 5.74) is 0. The lowest BCUT2D eigenvalue weighted by Gasteiger charge is -2.17. The van der Waals surface area contributed by atoms with Crippen LogP contribution in [0.15, 0.2) is 12.4 Å². The van der Waals surface area contributed by atoms with Crippen molar-refractivity contribution in [2.75, 3.05) is 6.54 Å². The summed E-state index contributed by atoms with van der Waals surface area (Å²) in [7, 11) is 0. The molecule has 2 atom stereocenters. The maximum Gasteiger partial charge on any atom is 0.125 e. The normalized spacial score (nSPS) is 39.0. The molecule has 1 fully saturated rings. The van der Waals surface area contributed by atoms with E-state index in [1.165, 1.54) is 0 Å². The first kappa shape index (κ1) is 5.11. The molecule has 2 aliphatic heterocycles. The molecule has 0 aromatic rings. The van der Waals surface area contributed by atoms with Gasteiger partial charge in [0.25, 0.3) is 0 Å². The lowest BCUT2D eigenvalue weighted by atomic mass is 10.3. The van der Waals surface area contributed by atoms with Crippen LogP contribution in [0.25, 0.3) is 0 Å². The SMILES string of the molecule is OC1CCN2C=CNC12. The zero-order chi connectivity index (χ0) is 6.27. The van der Waals surface area contributed by atoms with Gasteiger partial charge in [-0.1, -0.05) is 0 Å². The molecule has 0 amide bonds. The summed E-state index contributed by atoms with van der Waals surface area (Å²) in [6, 6.07) is 0. The Morgan fingerprint density at radius 3 is 3.33 bits per heavy atom. The number of nitrogens with zero attached hydrogens (tertiary/aromatic N) is 1. The van der Waals surface area contributed by atoms with Crippen LogP contribution in [-0.4, -0.2) is 28.8 Å². The smallest absolute Gasteiger partial charge is 0.125 e. The summed E-state index contributed by atoms with van der Waals surface area (Å²) in [5.74, 6) is 0. The van der Waals surface area contributed by atoms with Gasteiger partial charge in [-0.15, -0.1) is 0 Å². The predicted molar refractivity (Wildman–Crippen MR) is 33.4 cm³/mol. The van der Waals surface area contributed by atoms with E-state index in [0.29, 0.717) is 0 Å². The predicted octanol–water partition coefficient (Wildman–Crippen LogP) is -0.547. The molecule has 2 aliphatic rings. The molecule has 0 aromatic heterocycles. The maximum atomic E-state index is 9.26. The van der Waals surface area contributed by atoms with Gasteiger partial charge in [-0.25, -0.2) is 0 Å². The van der Waals surface area contributed by atoms with Crippen LogP contribution in [0, 0.1) is 0 Å². The molecule has 0 aromatic carbocycles. The summed E-state index contributed by atoms with van der Waals surface area (Å²) in [4.78, 5) is 2.12. The lowest BCUT2D eigenvalue weighted by molar-refractivity contribution is 0.130. The fourth-order valence-corrected chi connectivity index (χ4v) is 1.41. The number of fused-ring (bicyclic) bond motifs is 1. The molecule has 1 saturated heterocycles. The number of nitrogens with one attached hydrogen (secondary N) is 1. The van der Waals surface area contributed by atoms with Crippen molar-refractivity contribution >= 4 is 0 Å². The van der Waals surface area contributed by atoms with Crippen LogP contribution in [0.1, 0.15) is 6.42 Å². The minimum absolute atomic E-state index is 0.171. The van der Waals surface area contributed by atoms with E-state index in [9.17, 15) is 5.11 Å². The number of aliphatic hydroxyl groups is 1. The third-order valence-electron chi connectivity index (χ3n) is 1.94. The van der Waals surface area contributed by atoms with Gasteiger partial charge in [0, 0.05) is 18.9 Å². The highest BCUT2D eigenvalue weighted by Crippen LogP contribution is 2.18. The van der Waals surface area contributed by atoms with E-state index in [1.54, 1.807) is 0 Å². The van der Waals surface area contributed by atoms with E-state index in [-0.39, 0.29) is 12.3 Å². The van der Waals surface area contributed by atoms with Crippen LogP contribution in [0.2, 0.25) is 0 Å². The minimum atomic E-state index is -0.181. The van der Waals surface area contributed by atoms with E-state index in [0.717, 1.165) is 13.0 Å². The Hall–Kier alpha value is -0.700. The molecule has 2 unspecified atom stereocenters. The van der Waals surface area contributed by atoms with Crippen molar-refractivity contribution in [3.05, 3.63) is 12.4 Å². The molecule has 2 N–H and O–H groups in total. The molecule has 2 rings (SSSR count). The van der Waals surface area contributed by atoms with Gasteiger partial charge in [0.1, 0.15) is 6.17 Å². The highest BCUT2D eigenvalue weighted by molar-refractivity contribution is 5.01. The van der Waals surface area contributed by atoms with Crippen molar-refractivity contribution in [2.24, 2.45) is 0 Å². The second kappa shape index (κ2) is 1.64. The first-order valence-corrected chi connectivity index (χ1v) is 3.24. The summed E-state index contributed by atoms with van der Waals surface area (Å²) in [6.07, 6.45) is 4.75. The Morgan fingerprint density at radius 1 is 1.67 bits per heavy atom. The van der Waals surface area contributed by atoms with Crippen molar-refractivity contribution in [1.82, 2.24) is 10.2 Å². The molecule has 0 bridgehead atoms. The number of hydrogen-bond donors (Lipinski definition) is 2. The van der Waals surface area contributed by atoms with Crippen molar-refractivity contribution in [3.8, 4) is 0 Å². The summed E-state index contributed by atoms with van der Waals surface area (Å²) >= 11 is 0. The molecular formula is C6H10N2O. The van der Waals surface area contributed by atoms with Crippen molar-refractivity contribution in [3.63, 3.8) is 0 Å². The zero-order valence-electron chi connectivity index (χ0n) is 5.12. The topological polar surface area (TPSA) is 35.5 Å². The Balaban J connectivity index is 2.13. The second-order valence-electron chi connectivity index (χ2n) is 2.52. The molecule has 3 heteroatoms. The van der Waals surface area contributed by atoms with Gasteiger partial charge < -0.3 is 15.3 Å². The lowest BCUT2D eigenvalue weighted by Crippen LogP contribution is -2.37. The third kappa shape index (κ3) is 0.612. The third-order valence-corrected chi connectivity index (χ3v) is 1.94. The second-order valence-corrected chi connectivity index (χ2v) is 2.52. The van der Waals surface area contributed by atoms with Crippen molar-refractivity contribution in [2.45, 2.75) is 18.7 Å². The summed E-state index contributed by atoms with van der Waals surface area (Å²) < 4.78 is 0. The van der Waals surface area contributed by atoms with Gasteiger partial charge in [-0.05, 0) is 6.42 Å². The van der Waals surface area contributed by atoms with Gasteiger partial charge in [-0.2, -0.15) is 0 Å². The van der Waals surface area contributed by atoms with E-state index in [1.807, 2.05) is 12.4 Å². The van der Waals surface area contributed by atoms with Crippen LogP contribution < -0.4 is 5.32 Å². The molecule has 2 heterocycles. The molecule has 9 heavy (non-hydrogen) atoms. The number of aliphatic hydroxyl groups excluding tert-OH is 1. The van der Waals surface area contributed by atoms with Crippen LogP contribution >= 0.6 is 0 Å². The molecule has 0 radical (unpaired) electrons. The van der Waals surface area contributed by atoms with E-state index in [2.05, 4.69) is 10.2 Å². The standard InChI is InChI=1S/C6H10N2O/c9-5-1-3-8-4-2-7-6(5)8/h2,4-7,9H,1,3H2. The largest absolute Gasteiger partial charge is 0.389 e. The molecule has 0 spiro atoms. The van der Waals surface area contributed by atoms with E-state index in [4.69, 9.17) is 0 Å². The Morgan fingerprint density at radius 2 is 2.56 bits per heavy atom. The zero-order valence-corrected chi connectivity index (χ0v) is 5.12. The van der Waals surface area contributed by atoms with Crippen molar-refractivity contribution < 1.29 is 5.11 Å². The van der Waals surface area contributed by atoms with E-state index < -0.39 is 0 Å². The summed E-state index contributed by atoms with van der Waals surface area (Å²) in [6.45, 7) is 0.981. The average molecular weight is 126 g/mol. The number of hydrogen-bond acceptors (Lipinski definition) is 3.